The van der Waals surface area contributed by atoms with Crippen LogP contribution in [0.4, 0.5) is 0 Å². The number of thiophene rings is 1. The average molecular weight is 275 g/mol. The van der Waals surface area contributed by atoms with E-state index in [0.29, 0.717) is 15.4 Å². The van der Waals surface area contributed by atoms with Crippen LogP contribution in [0.15, 0.2) is 12.1 Å². The second-order valence-corrected chi connectivity index (χ2v) is 5.83. The van der Waals surface area contributed by atoms with Gasteiger partial charge in [-0.1, -0.05) is 26.1 Å². The van der Waals surface area contributed by atoms with E-state index in [2.05, 4.69) is 29.9 Å². The molecule has 0 bridgehead atoms. The number of H-pyrrole nitrogens is 1. The van der Waals surface area contributed by atoms with Crippen LogP contribution in [0.2, 0.25) is 0 Å². The van der Waals surface area contributed by atoms with Gasteiger partial charge in [0.2, 0.25) is 0 Å². The Balaban J connectivity index is 2.63. The third-order valence-electron chi connectivity index (χ3n) is 2.68. The van der Waals surface area contributed by atoms with Crippen LogP contribution in [-0.4, -0.2) is 9.97 Å². The van der Waals surface area contributed by atoms with E-state index < -0.39 is 0 Å². The van der Waals surface area contributed by atoms with Gasteiger partial charge in [0.15, 0.2) is 0 Å². The number of aromatic nitrogens is 2. The number of nitrogens with one attached hydrogen (secondary N) is 1. The Morgan fingerprint density at radius 2 is 2.17 bits per heavy atom. The van der Waals surface area contributed by atoms with Crippen LogP contribution in [0, 0.1) is 22.9 Å². The van der Waals surface area contributed by atoms with Crippen LogP contribution < -0.4 is 0 Å². The number of nitrogens with zero attached hydrogens (tertiary/aromatic N) is 2. The van der Waals surface area contributed by atoms with E-state index in [-0.39, 0.29) is 0 Å². The van der Waals surface area contributed by atoms with Crippen molar-refractivity contribution in [2.45, 2.75) is 26.7 Å². The summed E-state index contributed by atoms with van der Waals surface area (Å²) in [5.74, 6) is 1.17. The molecule has 0 aliphatic heterocycles. The maximum Gasteiger partial charge on any atom is 0.133 e. The van der Waals surface area contributed by atoms with E-state index in [4.69, 9.17) is 17.5 Å². The minimum atomic E-state index is 0.293. The second-order valence-electron chi connectivity index (χ2n) is 4.36. The van der Waals surface area contributed by atoms with Gasteiger partial charge < -0.3 is 4.98 Å². The first-order valence-corrected chi connectivity index (χ1v) is 6.86. The SMILES string of the molecule is Cc1c(-c2ccc(C#N)s2)[nH]c(C(C)C)nc1=S. The fraction of sp³-hybridized carbons (Fsp3) is 0.308. The lowest BCUT2D eigenvalue weighted by Gasteiger charge is -2.10. The topological polar surface area (TPSA) is 52.5 Å². The predicted molar refractivity (Wildman–Crippen MR) is 76.3 cm³/mol. The van der Waals surface area contributed by atoms with E-state index in [1.54, 1.807) is 0 Å². The third kappa shape index (κ3) is 2.35. The fourth-order valence-electron chi connectivity index (χ4n) is 1.60. The second kappa shape index (κ2) is 5.01. The van der Waals surface area contributed by atoms with Crippen LogP contribution in [0.5, 0.6) is 0 Å². The lowest BCUT2D eigenvalue weighted by Crippen LogP contribution is -2.01. The molecule has 0 aliphatic carbocycles. The molecule has 0 spiro atoms. The summed E-state index contributed by atoms with van der Waals surface area (Å²) in [5, 5.41) is 8.88. The van der Waals surface area contributed by atoms with Crippen molar-refractivity contribution in [3.63, 3.8) is 0 Å². The van der Waals surface area contributed by atoms with E-state index in [0.717, 1.165) is 22.0 Å². The smallest absolute Gasteiger partial charge is 0.133 e. The van der Waals surface area contributed by atoms with Gasteiger partial charge >= 0.3 is 0 Å². The first kappa shape index (κ1) is 12.9. The van der Waals surface area contributed by atoms with E-state index in [1.165, 1.54) is 11.3 Å². The molecule has 0 aromatic carbocycles. The standard InChI is InChI=1S/C13H13N3S2/c1-7(2)12-15-11(8(3)13(17)16-12)10-5-4-9(6-14)18-10/h4-5,7H,1-3H3,(H,15,16,17). The van der Waals surface area contributed by atoms with Gasteiger partial charge in [0.25, 0.3) is 0 Å². The molecule has 2 rings (SSSR count). The molecule has 0 saturated carbocycles. The fourth-order valence-corrected chi connectivity index (χ4v) is 2.66. The maximum absolute atomic E-state index is 8.88. The normalized spacial score (nSPS) is 10.6. The van der Waals surface area contributed by atoms with Crippen molar-refractivity contribution in [2.75, 3.05) is 0 Å². The molecule has 18 heavy (non-hydrogen) atoms. The van der Waals surface area contributed by atoms with E-state index >= 15 is 0 Å². The quantitative estimate of drug-likeness (QED) is 0.837. The molecule has 2 aromatic heterocycles. The van der Waals surface area contributed by atoms with Gasteiger partial charge in [-0.3, -0.25) is 0 Å². The van der Waals surface area contributed by atoms with Crippen molar-refractivity contribution in [3.05, 3.63) is 33.0 Å². The Hall–Kier alpha value is -1.51. The maximum atomic E-state index is 8.88. The molecule has 92 valence electrons. The zero-order valence-corrected chi connectivity index (χ0v) is 12.1. The molecule has 0 atom stereocenters. The van der Waals surface area contributed by atoms with Gasteiger partial charge in [0.05, 0.1) is 10.6 Å². The van der Waals surface area contributed by atoms with E-state index in [9.17, 15) is 0 Å². The lowest BCUT2D eigenvalue weighted by atomic mass is 10.1. The minimum Gasteiger partial charge on any atom is -0.342 e. The Labute approximate surface area is 115 Å². The highest BCUT2D eigenvalue weighted by molar-refractivity contribution is 7.71. The summed E-state index contributed by atoms with van der Waals surface area (Å²) in [7, 11) is 0. The highest BCUT2D eigenvalue weighted by Gasteiger charge is 2.11. The first-order valence-electron chi connectivity index (χ1n) is 5.64. The molecular weight excluding hydrogens is 262 g/mol. The summed E-state index contributed by atoms with van der Waals surface area (Å²) in [6, 6.07) is 5.92. The van der Waals surface area contributed by atoms with Crippen molar-refractivity contribution in [1.29, 1.82) is 5.26 Å². The van der Waals surface area contributed by atoms with Crippen LogP contribution in [0.3, 0.4) is 0 Å². The van der Waals surface area contributed by atoms with Crippen LogP contribution in [0.1, 0.15) is 36.0 Å². The number of nitriles is 1. The van der Waals surface area contributed by atoms with Crippen LogP contribution in [0.25, 0.3) is 10.6 Å². The average Bonchev–Trinajstić information content (AvgIpc) is 2.80. The largest absolute Gasteiger partial charge is 0.342 e. The van der Waals surface area contributed by atoms with Gasteiger partial charge in [-0.05, 0) is 19.1 Å². The number of hydrogen-bond acceptors (Lipinski definition) is 4. The zero-order chi connectivity index (χ0) is 13.3. The molecular formula is C13H13N3S2. The van der Waals surface area contributed by atoms with Gasteiger partial charge in [-0.2, -0.15) is 5.26 Å². The Bertz CT molecular complexity index is 674. The Kier molecular flexibility index (Phi) is 3.60. The number of aromatic amines is 1. The molecule has 2 heterocycles. The van der Waals surface area contributed by atoms with Crippen LogP contribution >= 0.6 is 23.6 Å². The summed E-state index contributed by atoms with van der Waals surface area (Å²) >= 11 is 6.75. The lowest BCUT2D eigenvalue weighted by molar-refractivity contribution is 0.770. The van der Waals surface area contributed by atoms with E-state index in [1.807, 2.05) is 19.1 Å². The van der Waals surface area contributed by atoms with Gasteiger partial charge in [0, 0.05) is 11.5 Å². The summed E-state index contributed by atoms with van der Waals surface area (Å²) in [6.07, 6.45) is 0. The van der Waals surface area contributed by atoms with Crippen molar-refractivity contribution in [1.82, 2.24) is 9.97 Å². The Morgan fingerprint density at radius 1 is 1.44 bits per heavy atom. The molecule has 3 nitrogen and oxygen atoms in total. The van der Waals surface area contributed by atoms with Crippen molar-refractivity contribution >= 4 is 23.6 Å². The molecule has 0 saturated heterocycles. The molecule has 0 unspecified atom stereocenters. The first-order chi connectivity index (χ1) is 8.52. The predicted octanol–water partition coefficient (Wildman–Crippen LogP) is 4.17. The summed E-state index contributed by atoms with van der Waals surface area (Å²) in [6.45, 7) is 6.10. The number of rotatable bonds is 2. The van der Waals surface area contributed by atoms with Crippen molar-refractivity contribution in [3.8, 4) is 16.6 Å². The summed E-state index contributed by atoms with van der Waals surface area (Å²) in [5.41, 5.74) is 1.94. The monoisotopic (exact) mass is 275 g/mol. The van der Waals surface area contributed by atoms with Gasteiger partial charge in [-0.25, -0.2) is 4.98 Å². The number of hydrogen-bond donors (Lipinski definition) is 1. The molecule has 0 amide bonds. The van der Waals surface area contributed by atoms with Gasteiger partial charge in [-0.15, -0.1) is 11.3 Å². The Morgan fingerprint density at radius 3 is 2.72 bits per heavy atom. The van der Waals surface area contributed by atoms with Gasteiger partial charge in [0.1, 0.15) is 21.4 Å². The zero-order valence-electron chi connectivity index (χ0n) is 10.4. The van der Waals surface area contributed by atoms with Crippen molar-refractivity contribution < 1.29 is 0 Å². The molecule has 0 aliphatic rings. The highest BCUT2D eigenvalue weighted by atomic mass is 32.1. The third-order valence-corrected chi connectivity index (χ3v) is 4.09. The van der Waals surface area contributed by atoms with Crippen molar-refractivity contribution in [2.24, 2.45) is 0 Å². The molecule has 0 fully saturated rings. The molecule has 0 radical (unpaired) electrons. The highest BCUT2D eigenvalue weighted by Crippen LogP contribution is 2.29. The minimum absolute atomic E-state index is 0.293. The van der Waals surface area contributed by atoms with Crippen LogP contribution in [-0.2, 0) is 0 Å². The molecule has 5 heteroatoms. The summed E-state index contributed by atoms with van der Waals surface area (Å²) < 4.78 is 0.624. The summed E-state index contributed by atoms with van der Waals surface area (Å²) in [4.78, 5) is 9.44. The molecule has 2 aromatic rings. The molecule has 1 N–H and O–H groups in total.